The van der Waals surface area contributed by atoms with E-state index >= 15 is 0 Å². The van der Waals surface area contributed by atoms with Gasteiger partial charge in [0.2, 0.25) is 0 Å². The zero-order valence-corrected chi connectivity index (χ0v) is 17.7. The van der Waals surface area contributed by atoms with Gasteiger partial charge < -0.3 is 10.2 Å². The molecule has 0 aromatic carbocycles. The first-order valence-corrected chi connectivity index (χ1v) is 10.7. The van der Waals surface area contributed by atoms with Crippen LogP contribution >= 0.6 is 0 Å². The molecule has 0 spiro atoms. The third-order valence-electron chi connectivity index (χ3n) is 6.17. The largest absolute Gasteiger partial charge is 0.417 e. The normalized spacial score (nSPS) is 19.1. The van der Waals surface area contributed by atoms with Gasteiger partial charge in [-0.05, 0) is 31.5 Å². The monoisotopic (exact) mass is 443 g/mol. The van der Waals surface area contributed by atoms with Crippen molar-refractivity contribution in [1.82, 2.24) is 25.1 Å². The summed E-state index contributed by atoms with van der Waals surface area (Å²) in [5.41, 5.74) is 3.66. The van der Waals surface area contributed by atoms with Gasteiger partial charge in [-0.1, -0.05) is 0 Å². The van der Waals surface area contributed by atoms with E-state index in [4.69, 9.17) is 0 Å². The second kappa shape index (κ2) is 8.09. The average molecular weight is 443 g/mol. The molecule has 2 aliphatic heterocycles. The molecule has 7 nitrogen and oxygen atoms in total. The molecule has 5 heterocycles. The van der Waals surface area contributed by atoms with Crippen LogP contribution in [0.4, 0.5) is 24.8 Å². The van der Waals surface area contributed by atoms with E-state index in [1.165, 1.54) is 11.6 Å². The van der Waals surface area contributed by atoms with Crippen LogP contribution < -0.4 is 10.2 Å². The predicted octanol–water partition coefficient (Wildman–Crippen LogP) is 3.56. The lowest BCUT2D eigenvalue weighted by Gasteiger charge is -2.40. The first-order valence-electron chi connectivity index (χ1n) is 10.7. The number of H-pyrrole nitrogens is 1. The number of pyridine rings is 2. The molecular weight excluding hydrogens is 419 g/mol. The van der Waals surface area contributed by atoms with Crippen molar-refractivity contribution in [2.75, 3.05) is 36.4 Å². The van der Waals surface area contributed by atoms with E-state index in [-0.39, 0.29) is 6.04 Å². The van der Waals surface area contributed by atoms with Crippen molar-refractivity contribution in [1.29, 1.82) is 0 Å². The van der Waals surface area contributed by atoms with Gasteiger partial charge in [0.1, 0.15) is 11.6 Å². The molecule has 3 aromatic rings. The zero-order valence-electron chi connectivity index (χ0n) is 17.7. The van der Waals surface area contributed by atoms with E-state index < -0.39 is 11.7 Å². The Kier molecular flexibility index (Phi) is 5.24. The Bertz CT molecular complexity index is 1090. The Morgan fingerprint density at radius 1 is 1.16 bits per heavy atom. The summed E-state index contributed by atoms with van der Waals surface area (Å²) in [4.78, 5) is 12.9. The second-order valence-corrected chi connectivity index (χ2v) is 8.30. The van der Waals surface area contributed by atoms with Crippen molar-refractivity contribution in [2.45, 2.75) is 32.1 Å². The number of nitrogens with zero attached hydrogens (tertiary/aromatic N) is 5. The number of nitrogens with one attached hydrogen (secondary N) is 2. The van der Waals surface area contributed by atoms with Gasteiger partial charge in [0.15, 0.2) is 0 Å². The summed E-state index contributed by atoms with van der Waals surface area (Å²) in [5.74, 6) is 1.51. The highest BCUT2D eigenvalue weighted by molar-refractivity contribution is 5.73. The fourth-order valence-corrected chi connectivity index (χ4v) is 4.58. The number of aromatic nitrogens is 4. The number of fused-ring (bicyclic) bond motifs is 1. The predicted molar refractivity (Wildman–Crippen MR) is 115 cm³/mol. The van der Waals surface area contributed by atoms with Crippen molar-refractivity contribution in [3.05, 3.63) is 53.5 Å². The summed E-state index contributed by atoms with van der Waals surface area (Å²) in [5, 5.41) is 10.8. The van der Waals surface area contributed by atoms with Crippen LogP contribution in [0.25, 0.3) is 11.3 Å². The number of aromatic amines is 1. The van der Waals surface area contributed by atoms with Crippen LogP contribution in [0.2, 0.25) is 0 Å². The standard InChI is InChI=1S/C22H24F3N7/c1-14-12-31(8-9-32(14)19-3-2-16(11-28-19)22(23,24)25)13-15-10-29-30-20(15)17-4-6-26-21-18(17)5-7-27-21/h2-4,6,10-11,14H,5,7-9,12-13H2,1H3,(H,26,27)(H,29,30)/t14-/m1/s1. The molecule has 1 atom stereocenters. The first-order chi connectivity index (χ1) is 15.4. The number of hydrogen-bond acceptors (Lipinski definition) is 6. The molecule has 168 valence electrons. The summed E-state index contributed by atoms with van der Waals surface area (Å²) in [6.07, 6.45) is 1.22. The Morgan fingerprint density at radius 3 is 2.78 bits per heavy atom. The molecule has 2 N–H and O–H groups in total. The molecule has 32 heavy (non-hydrogen) atoms. The van der Waals surface area contributed by atoms with Gasteiger partial charge in [-0.2, -0.15) is 18.3 Å². The summed E-state index contributed by atoms with van der Waals surface area (Å²) >= 11 is 0. The van der Waals surface area contributed by atoms with E-state index in [1.54, 1.807) is 0 Å². The molecule has 0 amide bonds. The quantitative estimate of drug-likeness (QED) is 0.643. The minimum atomic E-state index is -4.37. The minimum Gasteiger partial charge on any atom is -0.369 e. The van der Waals surface area contributed by atoms with E-state index in [0.717, 1.165) is 67.5 Å². The molecule has 3 aromatic heterocycles. The maximum atomic E-state index is 12.8. The van der Waals surface area contributed by atoms with Crippen molar-refractivity contribution >= 4 is 11.6 Å². The van der Waals surface area contributed by atoms with Gasteiger partial charge in [0.05, 0.1) is 11.3 Å². The summed E-state index contributed by atoms with van der Waals surface area (Å²) < 4.78 is 38.5. The summed E-state index contributed by atoms with van der Waals surface area (Å²) in [6.45, 7) is 5.97. The third-order valence-corrected chi connectivity index (χ3v) is 6.17. The fraction of sp³-hybridized carbons (Fsp3) is 0.409. The molecule has 0 aliphatic carbocycles. The molecule has 0 saturated carbocycles. The number of hydrogen-bond donors (Lipinski definition) is 2. The van der Waals surface area contributed by atoms with E-state index in [0.29, 0.717) is 12.4 Å². The molecule has 0 radical (unpaired) electrons. The Hall–Kier alpha value is -3.14. The van der Waals surface area contributed by atoms with Gasteiger partial charge in [-0.25, -0.2) is 9.97 Å². The highest BCUT2D eigenvalue weighted by Gasteiger charge is 2.32. The molecule has 1 saturated heterocycles. The number of alkyl halides is 3. The summed E-state index contributed by atoms with van der Waals surface area (Å²) in [6, 6.07) is 4.70. The van der Waals surface area contributed by atoms with Crippen molar-refractivity contribution in [3.63, 3.8) is 0 Å². The topological polar surface area (TPSA) is 73.0 Å². The minimum absolute atomic E-state index is 0.123. The molecular formula is C22H24F3N7. The lowest BCUT2D eigenvalue weighted by molar-refractivity contribution is -0.137. The van der Waals surface area contributed by atoms with Crippen molar-refractivity contribution in [3.8, 4) is 11.3 Å². The lowest BCUT2D eigenvalue weighted by atomic mass is 10.0. The zero-order chi connectivity index (χ0) is 22.3. The van der Waals surface area contributed by atoms with Crippen LogP contribution in [0.3, 0.4) is 0 Å². The van der Waals surface area contributed by atoms with E-state index in [9.17, 15) is 13.2 Å². The van der Waals surface area contributed by atoms with Gasteiger partial charge in [-0.3, -0.25) is 10.00 Å². The highest BCUT2D eigenvalue weighted by Crippen LogP contribution is 2.33. The number of halogens is 3. The van der Waals surface area contributed by atoms with Crippen LogP contribution in [0.15, 0.2) is 36.8 Å². The van der Waals surface area contributed by atoms with Crippen LogP contribution in [0, 0.1) is 0 Å². The van der Waals surface area contributed by atoms with Crippen LogP contribution in [-0.2, 0) is 19.1 Å². The van der Waals surface area contributed by atoms with E-state index in [1.807, 2.05) is 18.5 Å². The first kappa shape index (κ1) is 20.7. The van der Waals surface area contributed by atoms with Gasteiger partial charge >= 0.3 is 6.18 Å². The maximum Gasteiger partial charge on any atom is 0.417 e. The van der Waals surface area contributed by atoms with Crippen LogP contribution in [0.1, 0.15) is 23.6 Å². The molecule has 5 rings (SSSR count). The second-order valence-electron chi connectivity index (χ2n) is 8.30. The van der Waals surface area contributed by atoms with Gasteiger partial charge in [0.25, 0.3) is 0 Å². The molecule has 0 bridgehead atoms. The van der Waals surface area contributed by atoms with Crippen molar-refractivity contribution < 1.29 is 13.2 Å². The smallest absolute Gasteiger partial charge is 0.369 e. The number of anilines is 2. The molecule has 10 heteroatoms. The van der Waals surface area contributed by atoms with Crippen LogP contribution in [-0.4, -0.2) is 57.3 Å². The average Bonchev–Trinajstić information content (AvgIpc) is 3.42. The third kappa shape index (κ3) is 3.90. The number of piperazine rings is 1. The van der Waals surface area contributed by atoms with Crippen molar-refractivity contribution in [2.24, 2.45) is 0 Å². The Labute approximate surface area is 183 Å². The maximum absolute atomic E-state index is 12.8. The molecule has 0 unspecified atom stereocenters. The Balaban J connectivity index is 1.28. The number of rotatable bonds is 4. The lowest BCUT2D eigenvalue weighted by Crippen LogP contribution is -2.51. The molecule has 1 fully saturated rings. The fourth-order valence-electron chi connectivity index (χ4n) is 4.58. The van der Waals surface area contributed by atoms with Crippen LogP contribution in [0.5, 0.6) is 0 Å². The van der Waals surface area contributed by atoms with E-state index in [2.05, 4.69) is 42.2 Å². The Morgan fingerprint density at radius 2 is 2.03 bits per heavy atom. The van der Waals surface area contributed by atoms with Gasteiger partial charge in [-0.15, -0.1) is 0 Å². The molecule has 2 aliphatic rings. The highest BCUT2D eigenvalue weighted by atomic mass is 19.4. The SMILES string of the molecule is C[C@@H]1CN(Cc2c[nH]nc2-c2ccnc3c2CCN3)CCN1c1ccc(C(F)(F)F)cn1. The summed E-state index contributed by atoms with van der Waals surface area (Å²) in [7, 11) is 0. The van der Waals surface area contributed by atoms with Gasteiger partial charge in [0, 0.05) is 74.0 Å².